The number of nitrogens with zero attached hydrogens (tertiary/aromatic N) is 3. The third kappa shape index (κ3) is 7.16. The number of aliphatic hydroxyl groups is 1. The van der Waals surface area contributed by atoms with Crippen molar-refractivity contribution < 1.29 is 31.7 Å². The Morgan fingerprint density at radius 3 is 2.20 bits per heavy atom. The first-order chi connectivity index (χ1) is 21.7. The highest BCUT2D eigenvalue weighted by Crippen LogP contribution is 2.54. The van der Waals surface area contributed by atoms with E-state index in [1.807, 2.05) is 4.90 Å². The maximum Gasteiger partial charge on any atom is 0.257 e. The topological polar surface area (TPSA) is 132 Å². The van der Waals surface area contributed by atoms with Crippen molar-refractivity contribution in [1.29, 1.82) is 0 Å². The second-order valence-electron chi connectivity index (χ2n) is 13.3. The van der Waals surface area contributed by atoms with Crippen molar-refractivity contribution in [2.75, 3.05) is 71.7 Å². The number of piperidine rings is 2. The number of carbonyl (C=O) groups is 1. The van der Waals surface area contributed by atoms with E-state index >= 15 is 0 Å². The van der Waals surface area contributed by atoms with Crippen LogP contribution in [0, 0.1) is 5.41 Å². The number of hydrogen-bond donors (Lipinski definition) is 3. The van der Waals surface area contributed by atoms with Gasteiger partial charge in [-0.1, -0.05) is 0 Å². The highest BCUT2D eigenvalue weighted by Gasteiger charge is 2.44. The minimum absolute atomic E-state index is 0.122. The summed E-state index contributed by atoms with van der Waals surface area (Å²) in [5.41, 5.74) is 3.24. The summed E-state index contributed by atoms with van der Waals surface area (Å²) in [6.07, 6.45) is 5.37. The molecule has 248 valence electrons. The van der Waals surface area contributed by atoms with Crippen LogP contribution in [0.2, 0.25) is 0 Å². The predicted octanol–water partition coefficient (Wildman–Crippen LogP) is 5.09. The van der Waals surface area contributed by atoms with Gasteiger partial charge in [0.1, 0.15) is 7.14 Å². The van der Waals surface area contributed by atoms with E-state index in [9.17, 15) is 26.6 Å². The maximum absolute atomic E-state index is 14.0. The summed E-state index contributed by atoms with van der Waals surface area (Å²) in [6, 6.07) is 10.0. The monoisotopic (exact) mass is 675 g/mol. The maximum atomic E-state index is 14.0. The van der Waals surface area contributed by atoms with Gasteiger partial charge in [0.05, 0.1) is 40.5 Å². The molecule has 3 N–H and O–H groups in total. The Labute approximate surface area is 268 Å². The van der Waals surface area contributed by atoms with Crippen LogP contribution in [0.3, 0.4) is 0 Å². The second-order valence-corrected chi connectivity index (χ2v) is 18.3. The van der Waals surface area contributed by atoms with Crippen LogP contribution >= 0.6 is 7.14 Å². The molecule has 2 saturated heterocycles. The fraction of sp³-hybridized carbons (Fsp3) is 0.500. The first kappa shape index (κ1) is 32.7. The number of rotatable bonds is 9. The van der Waals surface area contributed by atoms with Gasteiger partial charge in [0.15, 0.2) is 0 Å². The van der Waals surface area contributed by atoms with E-state index in [1.165, 1.54) is 18.9 Å². The van der Waals surface area contributed by atoms with Gasteiger partial charge in [0.2, 0.25) is 10.0 Å². The summed E-state index contributed by atoms with van der Waals surface area (Å²) in [5.74, 6) is -3.60. The van der Waals surface area contributed by atoms with E-state index in [4.69, 9.17) is 5.11 Å². The van der Waals surface area contributed by atoms with Crippen LogP contribution in [0.25, 0.3) is 10.9 Å². The second kappa shape index (κ2) is 12.1. The molecular weight excluding hydrogens is 635 g/mol. The molecular formula is C32H40F2N5O5PS. The molecule has 3 aliphatic rings. The van der Waals surface area contributed by atoms with Crippen molar-refractivity contribution in [3.05, 3.63) is 48.2 Å². The molecule has 2 aliphatic heterocycles. The van der Waals surface area contributed by atoms with Crippen LogP contribution in [0.5, 0.6) is 0 Å². The predicted molar refractivity (Wildman–Crippen MR) is 179 cm³/mol. The lowest BCUT2D eigenvalue weighted by atomic mass is 9.93. The Hall–Kier alpha value is -3.28. The highest BCUT2D eigenvalue weighted by molar-refractivity contribution is 7.92. The van der Waals surface area contributed by atoms with Crippen LogP contribution in [0.15, 0.2) is 42.6 Å². The number of hydrogen-bond acceptors (Lipinski definition) is 8. The fourth-order valence-corrected chi connectivity index (χ4v) is 8.01. The standard InChI is InChI=1S/C32H40F2N5O5PS/c1-45(2,42)25-18-22-17-24(20-28(29(22)35-21-25)39-13-9-32(33,34)10-14-39)36-30(41)26-4-3-23(37-46(43,44)16-15-40)19-27(26)38-11-7-31(5-6-31)8-12-38/h3-4,17-21,37,40H,5-16H2,1-2H3,(H,36,41). The summed E-state index contributed by atoms with van der Waals surface area (Å²) in [6.45, 7) is 4.49. The molecule has 0 unspecified atom stereocenters. The van der Waals surface area contributed by atoms with Crippen LogP contribution in [0.4, 0.5) is 31.5 Å². The lowest BCUT2D eigenvalue weighted by molar-refractivity contribution is -0.0220. The largest absolute Gasteiger partial charge is 0.395 e. The first-order valence-corrected chi connectivity index (χ1v) is 19.9. The number of alkyl halides is 2. The van der Waals surface area contributed by atoms with Crippen LogP contribution in [-0.2, 0) is 14.6 Å². The van der Waals surface area contributed by atoms with Crippen molar-refractivity contribution >= 4 is 62.0 Å². The van der Waals surface area contributed by atoms with Crippen molar-refractivity contribution in [3.63, 3.8) is 0 Å². The van der Waals surface area contributed by atoms with Gasteiger partial charge in [-0.25, -0.2) is 17.2 Å². The van der Waals surface area contributed by atoms with E-state index in [1.54, 1.807) is 49.9 Å². The number of amides is 1. The van der Waals surface area contributed by atoms with E-state index in [0.29, 0.717) is 49.9 Å². The minimum atomic E-state index is -3.78. The van der Waals surface area contributed by atoms with Crippen molar-refractivity contribution in [2.24, 2.45) is 5.41 Å². The Morgan fingerprint density at radius 2 is 1.57 bits per heavy atom. The zero-order chi connectivity index (χ0) is 32.9. The number of halogens is 2. The number of aliphatic hydroxyl groups excluding tert-OH is 1. The number of pyridine rings is 1. The molecule has 46 heavy (non-hydrogen) atoms. The lowest BCUT2D eigenvalue weighted by Crippen LogP contribution is -2.39. The van der Waals surface area contributed by atoms with Crippen LogP contribution in [0.1, 0.15) is 48.9 Å². The van der Waals surface area contributed by atoms with E-state index in [0.717, 1.165) is 25.9 Å². The molecule has 2 aromatic carbocycles. The quantitative estimate of drug-likeness (QED) is 0.268. The smallest absolute Gasteiger partial charge is 0.257 e. The molecule has 0 radical (unpaired) electrons. The summed E-state index contributed by atoms with van der Waals surface area (Å²) in [7, 11) is -6.44. The Balaban J connectivity index is 1.35. The fourth-order valence-electron chi connectivity index (χ4n) is 6.40. The van der Waals surface area contributed by atoms with Crippen LogP contribution < -0.4 is 25.1 Å². The molecule has 14 heteroatoms. The molecule has 3 fully saturated rings. The van der Waals surface area contributed by atoms with Gasteiger partial charge in [-0.3, -0.25) is 14.5 Å². The normalized spacial score (nSPS) is 19.3. The Morgan fingerprint density at radius 1 is 0.935 bits per heavy atom. The Kier molecular flexibility index (Phi) is 8.56. The third-order valence-electron chi connectivity index (χ3n) is 9.46. The van der Waals surface area contributed by atoms with Gasteiger partial charge in [-0.15, -0.1) is 0 Å². The summed E-state index contributed by atoms with van der Waals surface area (Å²) >= 11 is 0. The van der Waals surface area contributed by atoms with Gasteiger partial charge in [-0.2, -0.15) is 0 Å². The lowest BCUT2D eigenvalue weighted by Gasteiger charge is -2.35. The molecule has 1 spiro atoms. The first-order valence-electron chi connectivity index (χ1n) is 15.6. The molecule has 1 aromatic heterocycles. The molecule has 1 amide bonds. The van der Waals surface area contributed by atoms with E-state index in [2.05, 4.69) is 19.9 Å². The minimum Gasteiger partial charge on any atom is -0.395 e. The third-order valence-corrected chi connectivity index (χ3v) is 12.2. The zero-order valence-corrected chi connectivity index (χ0v) is 27.8. The molecule has 10 nitrogen and oxygen atoms in total. The number of carbonyl (C=O) groups excluding carboxylic acids is 1. The molecule has 0 bridgehead atoms. The molecule has 1 aliphatic carbocycles. The number of anilines is 4. The highest BCUT2D eigenvalue weighted by atomic mass is 32.2. The average Bonchev–Trinajstić information content (AvgIpc) is 3.74. The van der Waals surface area contributed by atoms with Gasteiger partial charge in [0.25, 0.3) is 11.8 Å². The number of benzene rings is 2. The molecule has 0 atom stereocenters. The number of sulfonamides is 1. The molecule has 1 saturated carbocycles. The summed E-state index contributed by atoms with van der Waals surface area (Å²) in [4.78, 5) is 22.5. The molecule has 3 aromatic rings. The zero-order valence-electron chi connectivity index (χ0n) is 26.1. The van der Waals surface area contributed by atoms with Crippen LogP contribution in [-0.4, -0.2) is 82.2 Å². The molecule has 6 rings (SSSR count). The van der Waals surface area contributed by atoms with E-state index in [-0.39, 0.29) is 25.9 Å². The Bertz CT molecular complexity index is 1810. The summed E-state index contributed by atoms with van der Waals surface area (Å²) < 4.78 is 68.3. The number of aromatic nitrogens is 1. The SMILES string of the molecule is CP(C)(=O)c1cnc2c(N3CCC(F)(F)CC3)cc(NC(=O)c3ccc(NS(=O)(=O)CCO)cc3N3CCC4(CC3)CC4)cc2c1. The number of fused-ring (bicyclic) bond motifs is 1. The van der Waals surface area contributed by atoms with Gasteiger partial charge in [0, 0.05) is 61.6 Å². The van der Waals surface area contributed by atoms with Gasteiger partial charge < -0.3 is 24.8 Å². The van der Waals surface area contributed by atoms with E-state index < -0.39 is 41.4 Å². The number of nitrogens with one attached hydrogen (secondary N) is 2. The molecule has 3 heterocycles. The summed E-state index contributed by atoms with van der Waals surface area (Å²) in [5, 5.41) is 13.4. The average molecular weight is 676 g/mol. The van der Waals surface area contributed by atoms with Crippen molar-refractivity contribution in [1.82, 2.24) is 4.98 Å². The van der Waals surface area contributed by atoms with Gasteiger partial charge >= 0.3 is 0 Å². The van der Waals surface area contributed by atoms with Crippen molar-refractivity contribution in [2.45, 2.75) is 44.4 Å². The van der Waals surface area contributed by atoms with Gasteiger partial charge in [-0.05, 0) is 80.8 Å². The van der Waals surface area contributed by atoms with Crippen molar-refractivity contribution in [3.8, 4) is 0 Å².